The van der Waals surface area contributed by atoms with Crippen LogP contribution in [0, 0.1) is 0 Å². The molecule has 2 heterocycles. The molecule has 0 spiro atoms. The van der Waals surface area contributed by atoms with Gasteiger partial charge in [-0.2, -0.15) is 0 Å². The molecule has 0 radical (unpaired) electrons. The monoisotopic (exact) mass is 339 g/mol. The molecule has 1 aromatic carbocycles. The lowest BCUT2D eigenvalue weighted by Gasteiger charge is -2.22. The minimum atomic E-state index is 0.415. The Morgan fingerprint density at radius 2 is 1.83 bits per heavy atom. The molecule has 1 fully saturated rings. The average molecular weight is 340 g/mol. The molecule has 0 saturated heterocycles. The molecule has 0 aliphatic heterocycles. The van der Waals surface area contributed by atoms with Gasteiger partial charge in [-0.05, 0) is 31.0 Å². The van der Waals surface area contributed by atoms with Gasteiger partial charge in [0, 0.05) is 12.1 Å². The quantitative estimate of drug-likeness (QED) is 0.708. The van der Waals surface area contributed by atoms with Crippen LogP contribution in [-0.4, -0.2) is 24.7 Å². The zero-order valence-corrected chi connectivity index (χ0v) is 14.0. The fraction of sp³-hybridized carbons (Fsp3) is 0.333. The van der Waals surface area contributed by atoms with Gasteiger partial charge in [0.25, 0.3) is 0 Å². The molecular weight excluding hydrogens is 322 g/mol. The van der Waals surface area contributed by atoms with Crippen molar-refractivity contribution in [1.82, 2.24) is 24.7 Å². The summed E-state index contributed by atoms with van der Waals surface area (Å²) in [5.74, 6) is 2.11. The number of benzene rings is 1. The fourth-order valence-electron chi connectivity index (χ4n) is 3.38. The van der Waals surface area contributed by atoms with Gasteiger partial charge in [0.1, 0.15) is 17.8 Å². The van der Waals surface area contributed by atoms with Gasteiger partial charge >= 0.3 is 0 Å². The Morgan fingerprint density at radius 3 is 2.58 bits per heavy atom. The predicted molar refractivity (Wildman–Crippen MR) is 93.2 cm³/mol. The number of nitrogens with zero attached hydrogens (tertiary/aromatic N) is 5. The SMILES string of the molecule is Clc1ccccc1-n1c(-c2ccncn2)nnc1C1CCCCC1. The molecule has 24 heavy (non-hydrogen) atoms. The Labute approximate surface area is 145 Å². The van der Waals surface area contributed by atoms with Crippen LogP contribution in [0.5, 0.6) is 0 Å². The van der Waals surface area contributed by atoms with Gasteiger partial charge < -0.3 is 0 Å². The Balaban J connectivity index is 1.89. The van der Waals surface area contributed by atoms with Crippen molar-refractivity contribution in [1.29, 1.82) is 0 Å². The number of halogens is 1. The van der Waals surface area contributed by atoms with Crippen LogP contribution in [0.1, 0.15) is 43.8 Å². The van der Waals surface area contributed by atoms with Crippen molar-refractivity contribution in [3.63, 3.8) is 0 Å². The number of aromatic nitrogens is 5. The molecule has 4 rings (SSSR count). The van der Waals surface area contributed by atoms with Crippen molar-refractivity contribution in [2.75, 3.05) is 0 Å². The van der Waals surface area contributed by atoms with Crippen LogP contribution in [0.4, 0.5) is 0 Å². The predicted octanol–water partition coefficient (Wildman–Crippen LogP) is 4.43. The Bertz CT molecular complexity index is 824. The molecule has 5 nitrogen and oxygen atoms in total. The fourth-order valence-corrected chi connectivity index (χ4v) is 3.60. The first kappa shape index (κ1) is 15.3. The minimum Gasteiger partial charge on any atom is -0.276 e. The molecule has 6 heteroatoms. The van der Waals surface area contributed by atoms with E-state index in [1.807, 2.05) is 30.3 Å². The standard InChI is InChI=1S/C18H18ClN5/c19-14-8-4-5-9-16(14)24-17(13-6-2-1-3-7-13)22-23-18(24)15-10-11-20-12-21-15/h4-5,8-13H,1-3,6-7H2. The smallest absolute Gasteiger partial charge is 0.187 e. The van der Waals surface area contributed by atoms with Crippen LogP contribution in [0.3, 0.4) is 0 Å². The molecule has 0 amide bonds. The summed E-state index contributed by atoms with van der Waals surface area (Å²) in [5, 5.41) is 9.66. The van der Waals surface area contributed by atoms with Gasteiger partial charge in [-0.15, -0.1) is 10.2 Å². The molecule has 3 aromatic rings. The highest BCUT2D eigenvalue weighted by Crippen LogP contribution is 2.36. The molecule has 1 aliphatic carbocycles. The van der Waals surface area contributed by atoms with E-state index in [0.717, 1.165) is 30.0 Å². The second kappa shape index (κ2) is 6.69. The van der Waals surface area contributed by atoms with Crippen LogP contribution in [0.15, 0.2) is 42.9 Å². The second-order valence-corrected chi connectivity index (χ2v) is 6.51. The Hall–Kier alpha value is -2.27. The molecule has 2 aromatic heterocycles. The van der Waals surface area contributed by atoms with Crippen LogP contribution in [0.25, 0.3) is 17.2 Å². The maximum Gasteiger partial charge on any atom is 0.187 e. The third kappa shape index (κ3) is 2.80. The zero-order chi connectivity index (χ0) is 16.4. The van der Waals surface area contributed by atoms with E-state index in [0.29, 0.717) is 16.8 Å². The number of rotatable bonds is 3. The lowest BCUT2D eigenvalue weighted by Crippen LogP contribution is -2.12. The first-order valence-electron chi connectivity index (χ1n) is 8.31. The summed E-state index contributed by atoms with van der Waals surface area (Å²) in [7, 11) is 0. The summed E-state index contributed by atoms with van der Waals surface area (Å²) in [4.78, 5) is 8.34. The largest absolute Gasteiger partial charge is 0.276 e. The summed E-state index contributed by atoms with van der Waals surface area (Å²) in [5.41, 5.74) is 1.65. The van der Waals surface area contributed by atoms with Crippen LogP contribution in [0.2, 0.25) is 5.02 Å². The normalized spacial score (nSPS) is 15.5. The van der Waals surface area contributed by atoms with Crippen LogP contribution < -0.4 is 0 Å². The molecular formula is C18H18ClN5. The van der Waals surface area contributed by atoms with E-state index < -0.39 is 0 Å². The van der Waals surface area contributed by atoms with Crippen molar-refractivity contribution in [3.05, 3.63) is 53.7 Å². The van der Waals surface area contributed by atoms with E-state index in [-0.39, 0.29) is 0 Å². The zero-order valence-electron chi connectivity index (χ0n) is 13.3. The van der Waals surface area contributed by atoms with E-state index in [2.05, 4.69) is 24.7 Å². The van der Waals surface area contributed by atoms with E-state index in [1.54, 1.807) is 6.20 Å². The minimum absolute atomic E-state index is 0.415. The summed E-state index contributed by atoms with van der Waals surface area (Å²) >= 11 is 6.48. The third-order valence-corrected chi connectivity index (χ3v) is 4.88. The number of hydrogen-bond donors (Lipinski definition) is 0. The maximum absolute atomic E-state index is 6.48. The summed E-state index contributed by atoms with van der Waals surface area (Å²) in [6.07, 6.45) is 9.31. The molecule has 0 unspecified atom stereocenters. The number of para-hydroxylation sites is 1. The lowest BCUT2D eigenvalue weighted by molar-refractivity contribution is 0.424. The molecule has 1 saturated carbocycles. The topological polar surface area (TPSA) is 56.5 Å². The summed E-state index contributed by atoms with van der Waals surface area (Å²) in [6.45, 7) is 0. The van der Waals surface area contributed by atoms with Gasteiger partial charge in [-0.3, -0.25) is 4.57 Å². The molecule has 122 valence electrons. The van der Waals surface area contributed by atoms with Gasteiger partial charge in [0.2, 0.25) is 0 Å². The molecule has 0 bridgehead atoms. The van der Waals surface area contributed by atoms with Crippen LogP contribution in [-0.2, 0) is 0 Å². The van der Waals surface area contributed by atoms with Crippen molar-refractivity contribution in [2.24, 2.45) is 0 Å². The highest BCUT2D eigenvalue weighted by Gasteiger charge is 2.25. The first-order chi connectivity index (χ1) is 11.8. The molecule has 0 atom stereocenters. The highest BCUT2D eigenvalue weighted by atomic mass is 35.5. The summed E-state index contributed by atoms with van der Waals surface area (Å²) in [6, 6.07) is 9.66. The average Bonchev–Trinajstić information content (AvgIpc) is 3.08. The molecule has 1 aliphatic rings. The van der Waals surface area contributed by atoms with Gasteiger partial charge in [0.05, 0.1) is 10.7 Å². The van der Waals surface area contributed by atoms with Crippen molar-refractivity contribution in [3.8, 4) is 17.2 Å². The Morgan fingerprint density at radius 1 is 1.00 bits per heavy atom. The highest BCUT2D eigenvalue weighted by molar-refractivity contribution is 6.32. The van der Waals surface area contributed by atoms with E-state index >= 15 is 0 Å². The second-order valence-electron chi connectivity index (χ2n) is 6.10. The summed E-state index contributed by atoms with van der Waals surface area (Å²) < 4.78 is 2.07. The van der Waals surface area contributed by atoms with Gasteiger partial charge in [-0.25, -0.2) is 9.97 Å². The van der Waals surface area contributed by atoms with Crippen LogP contribution >= 0.6 is 11.6 Å². The number of hydrogen-bond acceptors (Lipinski definition) is 4. The van der Waals surface area contributed by atoms with Crippen molar-refractivity contribution >= 4 is 11.6 Å². The molecule has 0 N–H and O–H groups in total. The van der Waals surface area contributed by atoms with Gasteiger partial charge in [0.15, 0.2) is 5.82 Å². The van der Waals surface area contributed by atoms with Crippen molar-refractivity contribution < 1.29 is 0 Å². The maximum atomic E-state index is 6.48. The van der Waals surface area contributed by atoms with E-state index in [4.69, 9.17) is 11.6 Å². The van der Waals surface area contributed by atoms with E-state index in [1.165, 1.54) is 25.6 Å². The first-order valence-corrected chi connectivity index (χ1v) is 8.69. The lowest BCUT2D eigenvalue weighted by atomic mass is 9.88. The Kier molecular flexibility index (Phi) is 4.26. The van der Waals surface area contributed by atoms with Gasteiger partial charge in [-0.1, -0.05) is 43.0 Å². The van der Waals surface area contributed by atoms with Crippen molar-refractivity contribution in [2.45, 2.75) is 38.0 Å². The third-order valence-electron chi connectivity index (χ3n) is 4.56. The van der Waals surface area contributed by atoms with E-state index in [9.17, 15) is 0 Å².